The lowest BCUT2D eigenvalue weighted by Gasteiger charge is -2.31. The molecule has 0 atom stereocenters. The number of aromatic nitrogens is 1. The van der Waals surface area contributed by atoms with Crippen LogP contribution in [0.25, 0.3) is 10.9 Å². The number of para-hydroxylation sites is 1. The highest BCUT2D eigenvalue weighted by Crippen LogP contribution is 2.22. The fourth-order valence-electron chi connectivity index (χ4n) is 3.53. The third-order valence-electron chi connectivity index (χ3n) is 4.95. The monoisotopic (exact) mass is 310 g/mol. The van der Waals surface area contributed by atoms with Crippen molar-refractivity contribution in [2.24, 2.45) is 0 Å². The van der Waals surface area contributed by atoms with E-state index in [4.69, 9.17) is 5.26 Å². The molecule has 4 nitrogen and oxygen atoms in total. The van der Waals surface area contributed by atoms with Crippen LogP contribution in [0.15, 0.2) is 30.5 Å². The summed E-state index contributed by atoms with van der Waals surface area (Å²) in [5, 5.41) is 13.9. The largest absolute Gasteiger partial charge is 0.346 e. The van der Waals surface area contributed by atoms with Crippen molar-refractivity contribution in [1.82, 2.24) is 14.8 Å². The summed E-state index contributed by atoms with van der Waals surface area (Å²) < 4.78 is 2.22. The Bertz CT molecular complexity index is 674. The van der Waals surface area contributed by atoms with Crippen molar-refractivity contribution in [3.8, 4) is 6.07 Å². The van der Waals surface area contributed by atoms with E-state index < -0.39 is 0 Å². The van der Waals surface area contributed by atoms with Crippen LogP contribution in [0.4, 0.5) is 0 Å². The van der Waals surface area contributed by atoms with E-state index in [1.54, 1.807) is 0 Å². The van der Waals surface area contributed by atoms with Crippen molar-refractivity contribution in [3.63, 3.8) is 0 Å². The molecule has 1 aromatic carbocycles. The summed E-state index contributed by atoms with van der Waals surface area (Å²) in [7, 11) is 0. The molecule has 1 aliphatic rings. The van der Waals surface area contributed by atoms with Gasteiger partial charge >= 0.3 is 0 Å². The maximum Gasteiger partial charge on any atom is 0.0640 e. The molecule has 23 heavy (non-hydrogen) atoms. The molecule has 0 aliphatic carbocycles. The molecule has 1 saturated heterocycles. The quantitative estimate of drug-likeness (QED) is 0.891. The van der Waals surface area contributed by atoms with Crippen LogP contribution < -0.4 is 5.32 Å². The number of nitrogens with one attached hydrogen (secondary N) is 1. The Kier molecular flexibility index (Phi) is 5.32. The van der Waals surface area contributed by atoms with E-state index in [2.05, 4.69) is 58.2 Å². The number of rotatable bonds is 6. The van der Waals surface area contributed by atoms with Crippen molar-refractivity contribution < 1.29 is 0 Å². The standard InChI is InChI=1S/C19H26N4/c1-2-22-12-8-17(9-13-22)21-14-16-15-23(11-5-10-20)19-7-4-3-6-18(16)19/h3-4,6-7,15,17,21H,2,5,8-9,11-14H2,1H3. The van der Waals surface area contributed by atoms with Gasteiger partial charge in [-0.3, -0.25) is 0 Å². The molecule has 0 radical (unpaired) electrons. The molecule has 2 heterocycles. The minimum atomic E-state index is 0.557. The fraction of sp³-hybridized carbons (Fsp3) is 0.526. The van der Waals surface area contributed by atoms with Gasteiger partial charge in [-0.1, -0.05) is 25.1 Å². The maximum absolute atomic E-state index is 8.84. The minimum Gasteiger partial charge on any atom is -0.346 e. The van der Waals surface area contributed by atoms with Gasteiger partial charge in [0, 0.05) is 36.2 Å². The molecule has 4 heteroatoms. The number of fused-ring (bicyclic) bond motifs is 1. The fourth-order valence-corrected chi connectivity index (χ4v) is 3.53. The zero-order chi connectivity index (χ0) is 16.1. The lowest BCUT2D eigenvalue weighted by Crippen LogP contribution is -2.42. The normalized spacial score (nSPS) is 16.7. The Morgan fingerprint density at radius 1 is 1.26 bits per heavy atom. The number of hydrogen-bond acceptors (Lipinski definition) is 3. The second kappa shape index (κ2) is 7.63. The number of aryl methyl sites for hydroxylation is 1. The lowest BCUT2D eigenvalue weighted by atomic mass is 10.0. The number of piperidine rings is 1. The van der Waals surface area contributed by atoms with Crippen LogP contribution >= 0.6 is 0 Å². The van der Waals surface area contributed by atoms with Gasteiger partial charge in [-0.2, -0.15) is 5.26 Å². The van der Waals surface area contributed by atoms with Gasteiger partial charge in [0.15, 0.2) is 0 Å². The van der Waals surface area contributed by atoms with Crippen LogP contribution in [0.2, 0.25) is 0 Å². The Labute approximate surface area is 138 Å². The predicted octanol–water partition coefficient (Wildman–Crippen LogP) is 3.13. The Morgan fingerprint density at radius 3 is 2.78 bits per heavy atom. The van der Waals surface area contributed by atoms with Crippen molar-refractivity contribution in [1.29, 1.82) is 5.26 Å². The number of hydrogen-bond donors (Lipinski definition) is 1. The van der Waals surface area contributed by atoms with E-state index in [0.29, 0.717) is 12.5 Å². The van der Waals surface area contributed by atoms with Crippen molar-refractivity contribution in [2.45, 2.75) is 45.3 Å². The van der Waals surface area contributed by atoms with Crippen LogP contribution in [-0.4, -0.2) is 35.1 Å². The van der Waals surface area contributed by atoms with Crippen LogP contribution in [-0.2, 0) is 13.1 Å². The van der Waals surface area contributed by atoms with Gasteiger partial charge < -0.3 is 14.8 Å². The topological polar surface area (TPSA) is 44.0 Å². The first-order valence-electron chi connectivity index (χ1n) is 8.71. The summed E-state index contributed by atoms with van der Waals surface area (Å²) in [4.78, 5) is 2.52. The van der Waals surface area contributed by atoms with Crippen molar-refractivity contribution in [2.75, 3.05) is 19.6 Å². The summed E-state index contributed by atoms with van der Waals surface area (Å²) in [5.41, 5.74) is 2.58. The highest BCUT2D eigenvalue weighted by atomic mass is 15.1. The van der Waals surface area contributed by atoms with E-state index in [1.165, 1.54) is 48.9 Å². The van der Waals surface area contributed by atoms with Gasteiger partial charge in [0.25, 0.3) is 0 Å². The highest BCUT2D eigenvalue weighted by Gasteiger charge is 2.18. The molecule has 0 amide bonds. The molecule has 122 valence electrons. The average molecular weight is 310 g/mol. The molecule has 0 unspecified atom stereocenters. The van der Waals surface area contributed by atoms with E-state index >= 15 is 0 Å². The van der Waals surface area contributed by atoms with Crippen LogP contribution in [0.3, 0.4) is 0 Å². The van der Waals surface area contributed by atoms with Gasteiger partial charge in [0.05, 0.1) is 12.5 Å². The minimum absolute atomic E-state index is 0.557. The molecular formula is C19H26N4. The third-order valence-corrected chi connectivity index (χ3v) is 4.95. The van der Waals surface area contributed by atoms with Gasteiger partial charge in [0.1, 0.15) is 0 Å². The van der Waals surface area contributed by atoms with Crippen LogP contribution in [0, 0.1) is 11.3 Å². The Hall–Kier alpha value is -1.83. The Balaban J connectivity index is 1.67. The molecule has 0 spiro atoms. The summed E-state index contributed by atoms with van der Waals surface area (Å²) >= 11 is 0. The molecule has 0 bridgehead atoms. The molecule has 1 fully saturated rings. The molecule has 1 aromatic heterocycles. The first kappa shape index (κ1) is 16.0. The zero-order valence-electron chi connectivity index (χ0n) is 14.0. The molecule has 3 rings (SSSR count). The summed E-state index contributed by atoms with van der Waals surface area (Å²) in [5.74, 6) is 0. The van der Waals surface area contributed by atoms with E-state index in [9.17, 15) is 0 Å². The van der Waals surface area contributed by atoms with Gasteiger partial charge in [-0.05, 0) is 44.1 Å². The lowest BCUT2D eigenvalue weighted by molar-refractivity contribution is 0.206. The van der Waals surface area contributed by atoms with Crippen molar-refractivity contribution in [3.05, 3.63) is 36.0 Å². The average Bonchev–Trinajstić information content (AvgIpc) is 2.96. The predicted molar refractivity (Wildman–Crippen MR) is 94.1 cm³/mol. The van der Waals surface area contributed by atoms with E-state index in [0.717, 1.165) is 13.1 Å². The van der Waals surface area contributed by atoms with Gasteiger partial charge in [-0.25, -0.2) is 0 Å². The summed E-state index contributed by atoms with van der Waals surface area (Å²) in [6.07, 6.45) is 5.25. The summed E-state index contributed by atoms with van der Waals surface area (Å²) in [6, 6.07) is 11.4. The first-order chi connectivity index (χ1) is 11.3. The van der Waals surface area contributed by atoms with Crippen molar-refractivity contribution >= 4 is 10.9 Å². The summed E-state index contributed by atoms with van der Waals surface area (Å²) in [6.45, 7) is 7.50. The second-order valence-corrected chi connectivity index (χ2v) is 6.36. The maximum atomic E-state index is 8.84. The van der Waals surface area contributed by atoms with Gasteiger partial charge in [-0.15, -0.1) is 0 Å². The smallest absolute Gasteiger partial charge is 0.0640 e. The zero-order valence-corrected chi connectivity index (χ0v) is 14.0. The molecule has 2 aromatic rings. The van der Waals surface area contributed by atoms with E-state index in [-0.39, 0.29) is 0 Å². The first-order valence-corrected chi connectivity index (χ1v) is 8.71. The number of nitrogens with zero attached hydrogens (tertiary/aromatic N) is 3. The third kappa shape index (κ3) is 3.74. The molecule has 1 N–H and O–H groups in total. The highest BCUT2D eigenvalue weighted by molar-refractivity contribution is 5.83. The molecule has 1 aliphatic heterocycles. The number of likely N-dealkylation sites (tertiary alicyclic amines) is 1. The SMILES string of the molecule is CCN1CCC(NCc2cn(CCC#N)c3ccccc23)CC1. The second-order valence-electron chi connectivity index (χ2n) is 6.36. The molecule has 0 saturated carbocycles. The molecular weight excluding hydrogens is 284 g/mol. The van der Waals surface area contributed by atoms with Crippen LogP contribution in [0.5, 0.6) is 0 Å². The van der Waals surface area contributed by atoms with E-state index in [1.807, 2.05) is 0 Å². The number of benzene rings is 1. The van der Waals surface area contributed by atoms with Gasteiger partial charge in [0.2, 0.25) is 0 Å². The Morgan fingerprint density at radius 2 is 2.04 bits per heavy atom. The van der Waals surface area contributed by atoms with Crippen LogP contribution in [0.1, 0.15) is 31.7 Å². The number of nitriles is 1.